The molecule has 4 nitrogen and oxygen atoms in total. The first kappa shape index (κ1) is 12.9. The summed E-state index contributed by atoms with van der Waals surface area (Å²) in [4.78, 5) is 11.9. The largest absolute Gasteiger partial charge is 0.387 e. The van der Waals surface area contributed by atoms with Crippen molar-refractivity contribution in [2.45, 2.75) is 12.0 Å². The molecule has 0 aromatic heterocycles. The van der Waals surface area contributed by atoms with Crippen molar-refractivity contribution < 1.29 is 9.90 Å². The number of aliphatic hydroxyl groups is 1. The zero-order valence-electron chi connectivity index (χ0n) is 9.85. The van der Waals surface area contributed by atoms with Gasteiger partial charge in [-0.05, 0) is 24.3 Å². The maximum Gasteiger partial charge on any atom is 0.252 e. The Kier molecular flexibility index (Phi) is 3.90. The van der Waals surface area contributed by atoms with Gasteiger partial charge in [-0.25, -0.2) is 0 Å². The molecule has 1 aromatic carbocycles. The lowest BCUT2D eigenvalue weighted by Crippen LogP contribution is -2.43. The topological polar surface area (TPSA) is 73.1 Å². The number of thioether (sulfide) groups is 1. The summed E-state index contributed by atoms with van der Waals surface area (Å²) in [6.07, 6.45) is 0.692. The number of amides is 1. The summed E-state index contributed by atoms with van der Waals surface area (Å²) >= 11 is 1.68. The van der Waals surface area contributed by atoms with Gasteiger partial charge >= 0.3 is 0 Å². The van der Waals surface area contributed by atoms with Crippen LogP contribution in [0.3, 0.4) is 0 Å². The Morgan fingerprint density at radius 1 is 1.56 bits per heavy atom. The molecule has 1 aliphatic rings. The summed E-state index contributed by atoms with van der Waals surface area (Å²) in [5.41, 5.74) is -0.0981. The van der Waals surface area contributed by atoms with Gasteiger partial charge in [-0.1, -0.05) is 12.1 Å². The van der Waals surface area contributed by atoms with Crippen LogP contribution in [0.4, 0.5) is 0 Å². The highest BCUT2D eigenvalue weighted by Crippen LogP contribution is 2.27. The first-order valence-corrected chi connectivity index (χ1v) is 6.87. The first-order chi connectivity index (χ1) is 8.64. The molecule has 1 amide bonds. The fourth-order valence-corrected chi connectivity index (χ4v) is 3.15. The summed E-state index contributed by atoms with van der Waals surface area (Å²) in [5.74, 6) is 1.26. The zero-order chi connectivity index (χ0) is 13.0. The highest BCUT2D eigenvalue weighted by molar-refractivity contribution is 7.99. The molecule has 18 heavy (non-hydrogen) atoms. The fourth-order valence-electron chi connectivity index (χ4n) is 1.85. The van der Waals surface area contributed by atoms with Gasteiger partial charge in [0.1, 0.15) is 0 Å². The summed E-state index contributed by atoms with van der Waals surface area (Å²) in [5, 5.41) is 21.7. The number of nitrogens with zero attached hydrogens (tertiary/aromatic N) is 1. The van der Waals surface area contributed by atoms with Crippen molar-refractivity contribution in [1.82, 2.24) is 5.32 Å². The van der Waals surface area contributed by atoms with E-state index < -0.39 is 5.60 Å². The highest BCUT2D eigenvalue weighted by atomic mass is 32.2. The third-order valence-electron chi connectivity index (χ3n) is 2.95. The zero-order valence-corrected chi connectivity index (χ0v) is 10.7. The molecule has 0 bridgehead atoms. The molecule has 0 spiro atoms. The average Bonchev–Trinajstić information content (AvgIpc) is 2.83. The molecule has 0 aliphatic carbocycles. The smallest absolute Gasteiger partial charge is 0.252 e. The normalized spacial score (nSPS) is 22.4. The Hall–Kier alpha value is -1.51. The van der Waals surface area contributed by atoms with E-state index in [-0.39, 0.29) is 12.5 Å². The SMILES string of the molecule is N#Cc1ccccc1C(=O)NCC1(O)CCSC1. The quantitative estimate of drug-likeness (QED) is 0.857. The van der Waals surface area contributed by atoms with Crippen molar-refractivity contribution >= 4 is 17.7 Å². The third-order valence-corrected chi connectivity index (χ3v) is 4.19. The van der Waals surface area contributed by atoms with Crippen LogP contribution >= 0.6 is 11.8 Å². The molecule has 1 heterocycles. The van der Waals surface area contributed by atoms with E-state index in [9.17, 15) is 9.90 Å². The van der Waals surface area contributed by atoms with Gasteiger partial charge in [-0.15, -0.1) is 0 Å². The minimum Gasteiger partial charge on any atom is -0.387 e. The van der Waals surface area contributed by atoms with Crippen LogP contribution < -0.4 is 5.32 Å². The van der Waals surface area contributed by atoms with Crippen LogP contribution in [0, 0.1) is 11.3 Å². The van der Waals surface area contributed by atoms with Crippen LogP contribution in [0.1, 0.15) is 22.3 Å². The van der Waals surface area contributed by atoms with Gasteiger partial charge in [0.15, 0.2) is 0 Å². The molecule has 0 saturated carbocycles. The minimum atomic E-state index is -0.804. The first-order valence-electron chi connectivity index (χ1n) is 5.72. The third kappa shape index (κ3) is 2.84. The molecule has 1 unspecified atom stereocenters. The molecular formula is C13H14N2O2S. The minimum absolute atomic E-state index is 0.235. The number of hydrogen-bond acceptors (Lipinski definition) is 4. The lowest BCUT2D eigenvalue weighted by Gasteiger charge is -2.21. The lowest BCUT2D eigenvalue weighted by molar-refractivity contribution is 0.0612. The van der Waals surface area contributed by atoms with Gasteiger partial charge in [0.2, 0.25) is 0 Å². The second-order valence-electron chi connectivity index (χ2n) is 4.37. The Morgan fingerprint density at radius 3 is 3.00 bits per heavy atom. The Morgan fingerprint density at radius 2 is 2.33 bits per heavy atom. The van der Waals surface area contributed by atoms with Gasteiger partial charge in [-0.3, -0.25) is 4.79 Å². The molecule has 1 aliphatic heterocycles. The lowest BCUT2D eigenvalue weighted by atomic mass is 10.0. The van der Waals surface area contributed by atoms with E-state index in [1.54, 1.807) is 36.0 Å². The van der Waals surface area contributed by atoms with Crippen LogP contribution in [-0.2, 0) is 0 Å². The van der Waals surface area contributed by atoms with Crippen molar-refractivity contribution in [3.05, 3.63) is 35.4 Å². The predicted octanol–water partition coefficient (Wildman–Crippen LogP) is 1.16. The van der Waals surface area contributed by atoms with Gasteiger partial charge in [0.05, 0.1) is 22.8 Å². The maximum absolute atomic E-state index is 11.9. The fraction of sp³-hybridized carbons (Fsp3) is 0.385. The molecule has 2 rings (SSSR count). The average molecular weight is 262 g/mol. The molecular weight excluding hydrogens is 248 g/mol. The van der Waals surface area contributed by atoms with Crippen LogP contribution in [0.5, 0.6) is 0 Å². The Balaban J connectivity index is 2.02. The van der Waals surface area contributed by atoms with E-state index in [4.69, 9.17) is 5.26 Å². The summed E-state index contributed by atoms with van der Waals surface area (Å²) in [7, 11) is 0. The van der Waals surface area contributed by atoms with Crippen LogP contribution in [0.2, 0.25) is 0 Å². The van der Waals surface area contributed by atoms with Gasteiger partial charge in [-0.2, -0.15) is 17.0 Å². The summed E-state index contributed by atoms with van der Waals surface area (Å²) in [6.45, 7) is 0.235. The van der Waals surface area contributed by atoms with Gasteiger partial charge < -0.3 is 10.4 Å². The van der Waals surface area contributed by atoms with E-state index in [0.717, 1.165) is 5.75 Å². The molecule has 1 aromatic rings. The maximum atomic E-state index is 11.9. The molecule has 1 saturated heterocycles. The van der Waals surface area contributed by atoms with Gasteiger partial charge in [0, 0.05) is 12.3 Å². The second-order valence-corrected chi connectivity index (χ2v) is 5.47. The Bertz CT molecular complexity index is 490. The number of nitriles is 1. The number of benzene rings is 1. The number of rotatable bonds is 3. The number of carbonyl (C=O) groups is 1. The molecule has 1 atom stereocenters. The standard InChI is InChI=1S/C13H14N2O2S/c14-7-10-3-1-2-4-11(10)12(16)15-8-13(17)5-6-18-9-13/h1-4,17H,5-6,8-9H2,(H,15,16). The highest BCUT2D eigenvalue weighted by Gasteiger charge is 2.32. The van der Waals surface area contributed by atoms with Crippen molar-refractivity contribution in [1.29, 1.82) is 5.26 Å². The number of carbonyl (C=O) groups excluding carboxylic acids is 1. The van der Waals surface area contributed by atoms with Crippen LogP contribution in [0.15, 0.2) is 24.3 Å². The van der Waals surface area contributed by atoms with E-state index in [2.05, 4.69) is 5.32 Å². The molecule has 94 valence electrons. The van der Waals surface area contributed by atoms with Crippen molar-refractivity contribution in [2.24, 2.45) is 0 Å². The van der Waals surface area contributed by atoms with E-state index >= 15 is 0 Å². The second kappa shape index (κ2) is 5.42. The molecule has 2 N–H and O–H groups in total. The Labute approximate surface area is 110 Å². The molecule has 5 heteroatoms. The van der Waals surface area contributed by atoms with Crippen molar-refractivity contribution in [3.63, 3.8) is 0 Å². The predicted molar refractivity (Wildman–Crippen MR) is 70.4 cm³/mol. The van der Waals surface area contributed by atoms with Gasteiger partial charge in [0.25, 0.3) is 5.91 Å². The summed E-state index contributed by atoms with van der Waals surface area (Å²) < 4.78 is 0. The molecule has 0 radical (unpaired) electrons. The van der Waals surface area contributed by atoms with Crippen LogP contribution in [-0.4, -0.2) is 34.7 Å². The van der Waals surface area contributed by atoms with E-state index in [0.29, 0.717) is 23.3 Å². The van der Waals surface area contributed by atoms with Crippen molar-refractivity contribution in [2.75, 3.05) is 18.1 Å². The summed E-state index contributed by atoms with van der Waals surface area (Å²) in [6, 6.07) is 8.64. The van der Waals surface area contributed by atoms with Crippen LogP contribution in [0.25, 0.3) is 0 Å². The number of nitrogens with one attached hydrogen (secondary N) is 1. The van der Waals surface area contributed by atoms with Crippen molar-refractivity contribution in [3.8, 4) is 6.07 Å². The van der Waals surface area contributed by atoms with E-state index in [1.807, 2.05) is 6.07 Å². The monoisotopic (exact) mass is 262 g/mol. The van der Waals surface area contributed by atoms with E-state index in [1.165, 1.54) is 0 Å². The number of hydrogen-bond donors (Lipinski definition) is 2. The molecule has 1 fully saturated rings.